The Labute approximate surface area is 179 Å². The van der Waals surface area contributed by atoms with E-state index >= 15 is 0 Å². The van der Waals surface area contributed by atoms with Gasteiger partial charge in [-0.2, -0.15) is 0 Å². The third-order valence-corrected chi connectivity index (χ3v) is 5.59. The molecule has 0 fully saturated rings. The number of thioether (sulfide) groups is 1. The molecule has 4 rings (SSSR count). The van der Waals surface area contributed by atoms with Gasteiger partial charge in [-0.15, -0.1) is 10.2 Å². The van der Waals surface area contributed by atoms with Crippen molar-refractivity contribution in [3.05, 3.63) is 84.7 Å². The fourth-order valence-electron chi connectivity index (χ4n) is 3.01. The Morgan fingerprint density at radius 2 is 1.70 bits per heavy atom. The van der Waals surface area contributed by atoms with Crippen molar-refractivity contribution in [2.75, 3.05) is 12.4 Å². The van der Waals surface area contributed by atoms with Crippen molar-refractivity contribution in [3.63, 3.8) is 0 Å². The van der Waals surface area contributed by atoms with Crippen LogP contribution >= 0.6 is 11.8 Å². The maximum atomic E-state index is 10.4. The molecule has 1 N–H and O–H groups in total. The van der Waals surface area contributed by atoms with Crippen molar-refractivity contribution in [3.8, 4) is 22.8 Å². The van der Waals surface area contributed by atoms with Crippen LogP contribution in [0.4, 0.5) is 0 Å². The van der Waals surface area contributed by atoms with E-state index in [4.69, 9.17) is 4.74 Å². The predicted molar refractivity (Wildman–Crippen MR) is 118 cm³/mol. The van der Waals surface area contributed by atoms with Crippen LogP contribution in [0.25, 0.3) is 17.1 Å². The molecule has 7 heteroatoms. The number of para-hydroxylation sites is 2. The molecule has 2 aromatic heterocycles. The van der Waals surface area contributed by atoms with E-state index in [-0.39, 0.29) is 6.61 Å². The number of aliphatic hydroxyl groups excluding tert-OH is 1. The summed E-state index contributed by atoms with van der Waals surface area (Å²) >= 11 is 1.45. The van der Waals surface area contributed by atoms with Crippen LogP contribution in [0, 0.1) is 6.92 Å². The molecule has 152 valence electrons. The summed E-state index contributed by atoms with van der Waals surface area (Å²) in [5, 5.41) is 19.9. The van der Waals surface area contributed by atoms with Crippen LogP contribution in [0.15, 0.2) is 84.3 Å². The van der Waals surface area contributed by atoms with E-state index < -0.39 is 6.10 Å². The molecular weight excluding hydrogens is 396 g/mol. The molecule has 0 saturated carbocycles. The zero-order chi connectivity index (χ0) is 20.8. The first-order valence-corrected chi connectivity index (χ1v) is 10.6. The Morgan fingerprint density at radius 1 is 0.967 bits per heavy atom. The largest absolute Gasteiger partial charge is 0.491 e. The van der Waals surface area contributed by atoms with Crippen molar-refractivity contribution < 1.29 is 9.84 Å². The van der Waals surface area contributed by atoms with Gasteiger partial charge in [-0.25, -0.2) is 0 Å². The number of ether oxygens (including phenoxy) is 1. The van der Waals surface area contributed by atoms with Gasteiger partial charge in [0.2, 0.25) is 0 Å². The average molecular weight is 419 g/mol. The minimum atomic E-state index is -0.637. The van der Waals surface area contributed by atoms with E-state index in [9.17, 15) is 5.11 Å². The highest BCUT2D eigenvalue weighted by molar-refractivity contribution is 7.99. The van der Waals surface area contributed by atoms with Crippen molar-refractivity contribution in [1.82, 2.24) is 19.7 Å². The maximum absolute atomic E-state index is 10.4. The van der Waals surface area contributed by atoms with Crippen molar-refractivity contribution in [1.29, 1.82) is 0 Å². The molecule has 0 aliphatic heterocycles. The highest BCUT2D eigenvalue weighted by atomic mass is 32.2. The fourth-order valence-corrected chi connectivity index (χ4v) is 3.86. The standard InChI is InChI=1S/C23H22N4O2S/c1-17-7-5-6-10-21(17)27-22(18-11-13-24-14-12-18)25-26-23(27)30-16-19(28)15-29-20-8-3-2-4-9-20/h2-14,19,28H,15-16H2,1H3/t19-/m1/s1. The highest BCUT2D eigenvalue weighted by Gasteiger charge is 2.18. The third kappa shape index (κ3) is 4.69. The molecule has 0 aliphatic carbocycles. The molecule has 30 heavy (non-hydrogen) atoms. The topological polar surface area (TPSA) is 73.1 Å². The summed E-state index contributed by atoms with van der Waals surface area (Å²) in [5.41, 5.74) is 3.05. The zero-order valence-corrected chi connectivity index (χ0v) is 17.4. The van der Waals surface area contributed by atoms with Crippen molar-refractivity contribution >= 4 is 11.8 Å². The fraction of sp³-hybridized carbons (Fsp3) is 0.174. The molecule has 2 aromatic carbocycles. The first-order valence-electron chi connectivity index (χ1n) is 9.63. The summed E-state index contributed by atoms with van der Waals surface area (Å²) in [6.07, 6.45) is 2.84. The molecule has 1 atom stereocenters. The number of hydrogen-bond acceptors (Lipinski definition) is 6. The molecular formula is C23H22N4O2S. The average Bonchev–Trinajstić information content (AvgIpc) is 3.21. The number of aromatic nitrogens is 4. The van der Waals surface area contributed by atoms with Crippen LogP contribution in [0.1, 0.15) is 5.56 Å². The second-order valence-electron chi connectivity index (χ2n) is 6.75. The summed E-state index contributed by atoms with van der Waals surface area (Å²) in [4.78, 5) is 4.09. The molecule has 0 unspecified atom stereocenters. The van der Waals surface area contributed by atoms with E-state index in [0.29, 0.717) is 5.75 Å². The van der Waals surface area contributed by atoms with Gasteiger partial charge in [0.05, 0.1) is 11.8 Å². The molecule has 0 spiro atoms. The number of aliphatic hydroxyl groups is 1. The van der Waals surface area contributed by atoms with Crippen molar-refractivity contribution in [2.24, 2.45) is 0 Å². The highest BCUT2D eigenvalue weighted by Crippen LogP contribution is 2.29. The van der Waals surface area contributed by atoms with Crippen LogP contribution in [-0.4, -0.2) is 43.3 Å². The molecule has 6 nitrogen and oxygen atoms in total. The molecule has 2 heterocycles. The van der Waals surface area contributed by atoms with Crippen LogP contribution in [0.5, 0.6) is 5.75 Å². The number of pyridine rings is 1. The van der Waals surface area contributed by atoms with Crippen LogP contribution < -0.4 is 4.74 Å². The van der Waals surface area contributed by atoms with Gasteiger partial charge < -0.3 is 9.84 Å². The normalized spacial score (nSPS) is 11.9. The lowest BCUT2D eigenvalue weighted by atomic mass is 10.2. The summed E-state index contributed by atoms with van der Waals surface area (Å²) in [6, 6.07) is 21.4. The smallest absolute Gasteiger partial charge is 0.196 e. The lowest BCUT2D eigenvalue weighted by molar-refractivity contribution is 0.126. The van der Waals surface area contributed by atoms with E-state index in [2.05, 4.69) is 28.2 Å². The number of benzene rings is 2. The Balaban J connectivity index is 1.54. The van der Waals surface area contributed by atoms with E-state index in [1.165, 1.54) is 11.8 Å². The monoisotopic (exact) mass is 418 g/mol. The van der Waals surface area contributed by atoms with Gasteiger partial charge in [-0.1, -0.05) is 48.2 Å². The van der Waals surface area contributed by atoms with E-state index in [1.54, 1.807) is 12.4 Å². The first kappa shape index (κ1) is 20.1. The van der Waals surface area contributed by atoms with Crippen LogP contribution in [-0.2, 0) is 0 Å². The minimum absolute atomic E-state index is 0.215. The Hall–Kier alpha value is -3.16. The number of aryl methyl sites for hydroxylation is 1. The molecule has 0 amide bonds. The van der Waals surface area contributed by atoms with Gasteiger partial charge >= 0.3 is 0 Å². The second-order valence-corrected chi connectivity index (χ2v) is 7.74. The molecule has 0 radical (unpaired) electrons. The molecule has 0 saturated heterocycles. The van der Waals surface area contributed by atoms with Crippen LogP contribution in [0.3, 0.4) is 0 Å². The van der Waals surface area contributed by atoms with E-state index in [1.807, 2.05) is 65.2 Å². The zero-order valence-electron chi connectivity index (χ0n) is 16.5. The van der Waals surface area contributed by atoms with Gasteiger partial charge in [0, 0.05) is 23.7 Å². The Kier molecular flexibility index (Phi) is 6.41. The van der Waals surface area contributed by atoms with Crippen molar-refractivity contribution in [2.45, 2.75) is 18.2 Å². The third-order valence-electron chi connectivity index (χ3n) is 4.52. The molecule has 0 aliphatic rings. The quantitative estimate of drug-likeness (QED) is 0.433. The number of rotatable bonds is 8. The summed E-state index contributed by atoms with van der Waals surface area (Å²) in [7, 11) is 0. The maximum Gasteiger partial charge on any atom is 0.196 e. The summed E-state index contributed by atoms with van der Waals surface area (Å²) in [6.45, 7) is 2.27. The number of nitrogens with zero attached hydrogens (tertiary/aromatic N) is 4. The van der Waals surface area contributed by atoms with Gasteiger partial charge in [0.15, 0.2) is 11.0 Å². The minimum Gasteiger partial charge on any atom is -0.491 e. The van der Waals surface area contributed by atoms with Gasteiger partial charge in [0.1, 0.15) is 12.4 Å². The summed E-state index contributed by atoms with van der Waals surface area (Å²) in [5.74, 6) is 1.92. The van der Waals surface area contributed by atoms with Crippen LogP contribution in [0.2, 0.25) is 0 Å². The van der Waals surface area contributed by atoms with E-state index in [0.717, 1.165) is 33.5 Å². The Morgan fingerprint density at radius 3 is 2.47 bits per heavy atom. The van der Waals surface area contributed by atoms with Gasteiger partial charge in [-0.05, 0) is 42.8 Å². The van der Waals surface area contributed by atoms with Gasteiger partial charge in [0.25, 0.3) is 0 Å². The number of hydrogen-bond donors (Lipinski definition) is 1. The Bertz CT molecular complexity index is 1090. The lowest BCUT2D eigenvalue weighted by Gasteiger charge is -2.14. The molecule has 0 bridgehead atoms. The summed E-state index contributed by atoms with van der Waals surface area (Å²) < 4.78 is 7.68. The SMILES string of the molecule is Cc1ccccc1-n1c(SC[C@H](O)COc2ccccc2)nnc1-c1ccncc1. The lowest BCUT2D eigenvalue weighted by Crippen LogP contribution is -2.20. The van der Waals surface area contributed by atoms with Gasteiger partial charge in [-0.3, -0.25) is 9.55 Å². The molecule has 4 aromatic rings. The second kappa shape index (κ2) is 9.56. The predicted octanol–water partition coefficient (Wildman–Crippen LogP) is 4.17. The first-order chi connectivity index (χ1) is 14.7.